The Morgan fingerprint density at radius 1 is 1.50 bits per heavy atom. The highest BCUT2D eigenvalue weighted by Gasteiger charge is 1.98. The largest absolute Gasteiger partial charge is 0.291 e. The van der Waals surface area contributed by atoms with Gasteiger partial charge in [0.25, 0.3) is 14.1 Å². The van der Waals surface area contributed by atoms with Gasteiger partial charge in [-0.3, -0.25) is 0 Å². The van der Waals surface area contributed by atoms with Crippen molar-refractivity contribution in [1.29, 1.82) is 0 Å². The lowest BCUT2D eigenvalue weighted by atomic mass is 10.8. The molecule has 0 amide bonds. The molecule has 0 aliphatic heterocycles. The Morgan fingerprint density at radius 2 is 1.67 bits per heavy atom. The molecule has 0 atom stereocenters. The van der Waals surface area contributed by atoms with Crippen molar-refractivity contribution in [3.8, 4) is 0 Å². The van der Waals surface area contributed by atoms with Gasteiger partial charge in [-0.15, -0.1) is 22.6 Å². The fourth-order valence-corrected chi connectivity index (χ4v) is 0. The van der Waals surface area contributed by atoms with E-state index in [1.807, 2.05) is 0 Å². The summed E-state index contributed by atoms with van der Waals surface area (Å²) in [6, 6.07) is 0. The zero-order chi connectivity index (χ0) is 5.15. The predicted octanol–water partition coefficient (Wildman–Crippen LogP) is 1.86. The summed E-state index contributed by atoms with van der Waals surface area (Å²) in [6.45, 7) is 5.92. The van der Waals surface area contributed by atoms with Gasteiger partial charge in [0.05, 0.1) is 0 Å². The van der Waals surface area contributed by atoms with Gasteiger partial charge < -0.3 is 0 Å². The summed E-state index contributed by atoms with van der Waals surface area (Å²) in [5.74, 6) is 4.56. The third-order valence-corrected chi connectivity index (χ3v) is 2.96. The smallest absolute Gasteiger partial charge is 0.141 e. The molecule has 0 aliphatic carbocycles. The maximum absolute atomic E-state index is 3.82. The van der Waals surface area contributed by atoms with Crippen molar-refractivity contribution in [2.24, 2.45) is 0 Å². The molecule has 0 aromatic carbocycles. The Kier molecular flexibility index (Phi) is 2.56. The van der Waals surface area contributed by atoms with Crippen molar-refractivity contribution in [3.63, 3.8) is 0 Å². The molecule has 0 aromatic heterocycles. The van der Waals surface area contributed by atoms with Gasteiger partial charge in [0.15, 0.2) is 0 Å². The fourth-order valence-electron chi connectivity index (χ4n) is 0. The molecule has 0 spiro atoms. The van der Waals surface area contributed by atoms with E-state index < -0.39 is 14.1 Å². The lowest BCUT2D eigenvalue weighted by Gasteiger charge is -1.90. The second kappa shape index (κ2) is 2.45. The highest BCUT2D eigenvalue weighted by Crippen LogP contribution is 1.91. The highest BCUT2D eigenvalue weighted by molar-refractivity contribution is 6.63. The van der Waals surface area contributed by atoms with Gasteiger partial charge in [-0.2, -0.15) is 0 Å². The fraction of sp³-hybridized carbons (Fsp3) is 0.600. The van der Waals surface area contributed by atoms with Gasteiger partial charge in [0.2, 0.25) is 0 Å². The lowest BCUT2D eigenvalue weighted by Crippen LogP contribution is -1.98. The minimum Gasteiger partial charge on any atom is -0.141 e. The summed E-state index contributed by atoms with van der Waals surface area (Å²) < 4.78 is 1.40. The molecule has 0 heterocycles. The maximum Gasteiger partial charge on any atom is 0.291 e. The monoisotopic (exact) mass is 98.1 g/mol. The van der Waals surface area contributed by atoms with E-state index >= 15 is 0 Å². The van der Waals surface area contributed by atoms with E-state index in [0.29, 0.717) is 0 Å². The molecule has 0 N–H and O–H groups in total. The van der Waals surface area contributed by atoms with Crippen LogP contribution in [0.2, 0.25) is 11.6 Å². The molecule has 0 nitrogen and oxygen atoms in total. The van der Waals surface area contributed by atoms with Crippen LogP contribution >= 0.6 is 0 Å². The van der Waals surface area contributed by atoms with Crippen LogP contribution in [0.4, 0.5) is 0 Å². The van der Waals surface area contributed by atoms with Crippen LogP contribution in [0, 0.1) is 0 Å². The first-order valence-corrected chi connectivity index (χ1v) is 5.18. The zero-order valence-electron chi connectivity index (χ0n) is 4.78. The zero-order valence-corrected chi connectivity index (χ0v) is 5.94. The Morgan fingerprint density at radius 3 is 1.67 bits per heavy atom. The average molecular weight is 98.1 g/mol. The molecule has 0 unspecified atom stereocenters. The van der Waals surface area contributed by atoms with Crippen molar-refractivity contribution in [1.82, 2.24) is 0 Å². The molecular formula is C5H11Al. The molecule has 0 saturated heterocycles. The number of hydrogen-bond acceptors (Lipinski definition) is 0. The number of hydrogen-bond donors (Lipinski definition) is 0. The Bertz CT molecular complexity index is 55.0. The van der Waals surface area contributed by atoms with Crippen LogP contribution in [-0.2, 0) is 0 Å². The Balaban J connectivity index is 3.26. The van der Waals surface area contributed by atoms with Crippen molar-refractivity contribution in [2.75, 3.05) is 0 Å². The third kappa shape index (κ3) is 2.51. The minimum atomic E-state index is -0.438. The summed E-state index contributed by atoms with van der Waals surface area (Å²) in [4.78, 5) is 0. The topological polar surface area (TPSA) is 0 Å². The van der Waals surface area contributed by atoms with Crippen LogP contribution in [0.15, 0.2) is 11.0 Å². The Hall–Kier alpha value is 0.272. The molecule has 6 heavy (non-hydrogen) atoms. The standard InChI is InChI=1S/C3H5.2CH3.Al/c1-3-2;;;/h1H2,2H3;2*1H3;. The summed E-state index contributed by atoms with van der Waals surface area (Å²) in [5.41, 5.74) is 0. The van der Waals surface area contributed by atoms with Gasteiger partial charge in [0.1, 0.15) is 0 Å². The molecule has 0 aliphatic rings. The van der Waals surface area contributed by atoms with E-state index in [9.17, 15) is 0 Å². The quantitative estimate of drug-likeness (QED) is 0.439. The summed E-state index contributed by atoms with van der Waals surface area (Å²) in [6.07, 6.45) is 0. The third-order valence-electron chi connectivity index (χ3n) is 0.986. The molecule has 1 heteroatoms. The van der Waals surface area contributed by atoms with E-state index in [4.69, 9.17) is 0 Å². The van der Waals surface area contributed by atoms with Crippen LogP contribution in [0.25, 0.3) is 0 Å². The second-order valence-electron chi connectivity index (χ2n) is 2.00. The van der Waals surface area contributed by atoms with E-state index in [-0.39, 0.29) is 0 Å². The first-order chi connectivity index (χ1) is 2.64. The van der Waals surface area contributed by atoms with Gasteiger partial charge in [-0.25, -0.2) is 0 Å². The molecule has 0 saturated carbocycles. The SMILES string of the molecule is C=[C](C)[Al]([CH3])[CH3]. The first-order valence-electron chi connectivity index (χ1n) is 2.30. The van der Waals surface area contributed by atoms with Gasteiger partial charge in [-0.05, 0) is 0 Å². The molecule has 0 bridgehead atoms. The summed E-state index contributed by atoms with van der Waals surface area (Å²) in [5, 5.41) is 0. The van der Waals surface area contributed by atoms with Gasteiger partial charge in [0, 0.05) is 0 Å². The van der Waals surface area contributed by atoms with Crippen molar-refractivity contribution in [2.45, 2.75) is 18.5 Å². The van der Waals surface area contributed by atoms with Gasteiger partial charge >= 0.3 is 0 Å². The van der Waals surface area contributed by atoms with Crippen LogP contribution in [-0.4, -0.2) is 14.1 Å². The van der Waals surface area contributed by atoms with Crippen LogP contribution in [0.1, 0.15) is 6.92 Å². The van der Waals surface area contributed by atoms with Crippen LogP contribution in [0.5, 0.6) is 0 Å². The second-order valence-corrected chi connectivity index (χ2v) is 5.30. The lowest BCUT2D eigenvalue weighted by molar-refractivity contribution is 1.64. The highest BCUT2D eigenvalue weighted by atomic mass is 27.2. The van der Waals surface area contributed by atoms with E-state index in [1.54, 1.807) is 0 Å². The summed E-state index contributed by atoms with van der Waals surface area (Å²) in [7, 11) is 0. The predicted molar refractivity (Wildman–Crippen MR) is 32.3 cm³/mol. The first kappa shape index (κ1) is 6.27. The van der Waals surface area contributed by atoms with Gasteiger partial charge in [-0.1, -0.05) is 6.92 Å². The van der Waals surface area contributed by atoms with Crippen LogP contribution in [0.3, 0.4) is 0 Å². The maximum atomic E-state index is 3.82. The Labute approximate surface area is 44.3 Å². The molecule has 0 fully saturated rings. The molecule has 0 radical (unpaired) electrons. The average Bonchev–Trinajstić information content (AvgIpc) is 1.36. The van der Waals surface area contributed by atoms with Crippen LogP contribution < -0.4 is 0 Å². The molecular weight excluding hydrogens is 87.0 g/mol. The van der Waals surface area contributed by atoms with Crippen molar-refractivity contribution >= 4 is 14.1 Å². The molecule has 0 rings (SSSR count). The molecule has 0 aromatic rings. The summed E-state index contributed by atoms with van der Waals surface area (Å²) >= 11 is -0.438. The molecule has 34 valence electrons. The van der Waals surface area contributed by atoms with Crippen molar-refractivity contribution < 1.29 is 0 Å². The van der Waals surface area contributed by atoms with E-state index in [2.05, 4.69) is 25.1 Å². The minimum absolute atomic E-state index is 0.438. The number of allylic oxidation sites excluding steroid dienone is 1. The van der Waals surface area contributed by atoms with E-state index in [1.165, 1.54) is 4.44 Å². The normalized spacial score (nSPS) is 7.83. The van der Waals surface area contributed by atoms with E-state index in [0.717, 1.165) is 0 Å². The number of rotatable bonds is 1. The van der Waals surface area contributed by atoms with Crippen molar-refractivity contribution in [3.05, 3.63) is 11.0 Å².